The molecule has 1 aliphatic rings. The van der Waals surface area contributed by atoms with E-state index in [4.69, 9.17) is 0 Å². The molecule has 0 bridgehead atoms. The van der Waals surface area contributed by atoms with E-state index in [1.54, 1.807) is 18.5 Å². The van der Waals surface area contributed by atoms with Gasteiger partial charge in [-0.3, -0.25) is 9.78 Å². The fraction of sp³-hybridized carbons (Fsp3) is 0.500. The third-order valence-corrected chi connectivity index (χ3v) is 3.55. The zero-order valence-corrected chi connectivity index (χ0v) is 11.2. The van der Waals surface area contributed by atoms with Gasteiger partial charge in [0.25, 0.3) is 0 Å². The van der Waals surface area contributed by atoms with Gasteiger partial charge in [0.15, 0.2) is 0 Å². The van der Waals surface area contributed by atoms with Crippen LogP contribution in [0.15, 0.2) is 22.9 Å². The summed E-state index contributed by atoms with van der Waals surface area (Å²) in [5.41, 5.74) is 0.786. The average molecular weight is 298 g/mol. The Bertz CT molecular complexity index is 391. The zero-order chi connectivity index (χ0) is 12.1. The highest BCUT2D eigenvalue weighted by Gasteiger charge is 2.17. The molecule has 1 amide bonds. The van der Waals surface area contributed by atoms with E-state index in [-0.39, 0.29) is 5.91 Å². The molecule has 2 heterocycles. The van der Waals surface area contributed by atoms with E-state index >= 15 is 0 Å². The molecule has 0 saturated carbocycles. The molecule has 17 heavy (non-hydrogen) atoms. The van der Waals surface area contributed by atoms with E-state index in [2.05, 4.69) is 31.5 Å². The highest BCUT2D eigenvalue weighted by atomic mass is 79.9. The molecule has 1 aromatic rings. The fourth-order valence-electron chi connectivity index (χ4n) is 2.04. The van der Waals surface area contributed by atoms with Crippen molar-refractivity contribution in [3.05, 3.63) is 22.9 Å². The number of hydrogen-bond donors (Lipinski definition) is 2. The molecule has 0 aliphatic carbocycles. The summed E-state index contributed by atoms with van der Waals surface area (Å²) >= 11 is 3.36. The minimum atomic E-state index is 0.0746. The molecule has 2 rings (SSSR count). The predicted octanol–water partition coefficient (Wildman–Crippen LogP) is 2.17. The maximum atomic E-state index is 11.9. The van der Waals surface area contributed by atoms with Crippen molar-refractivity contribution >= 4 is 27.5 Å². The molecule has 1 aromatic heterocycles. The Morgan fingerprint density at radius 2 is 2.53 bits per heavy atom. The first-order chi connectivity index (χ1) is 8.25. The Kier molecular flexibility index (Phi) is 4.50. The van der Waals surface area contributed by atoms with Gasteiger partial charge in [-0.25, -0.2) is 0 Å². The Hall–Kier alpha value is -0.940. The van der Waals surface area contributed by atoms with Crippen molar-refractivity contribution in [2.75, 3.05) is 18.4 Å². The monoisotopic (exact) mass is 297 g/mol. The molecular weight excluding hydrogens is 282 g/mol. The quantitative estimate of drug-likeness (QED) is 0.899. The van der Waals surface area contributed by atoms with Crippen LogP contribution in [0.3, 0.4) is 0 Å². The number of carbonyl (C=O) groups is 1. The normalized spacial score (nSPS) is 19.9. The van der Waals surface area contributed by atoms with Crippen molar-refractivity contribution in [3.8, 4) is 0 Å². The Morgan fingerprint density at radius 1 is 1.65 bits per heavy atom. The molecule has 0 spiro atoms. The highest BCUT2D eigenvalue weighted by Crippen LogP contribution is 2.21. The number of piperidine rings is 1. The Balaban J connectivity index is 1.86. The Morgan fingerprint density at radius 3 is 3.24 bits per heavy atom. The van der Waals surface area contributed by atoms with E-state index in [1.165, 1.54) is 0 Å². The van der Waals surface area contributed by atoms with Crippen LogP contribution >= 0.6 is 15.9 Å². The van der Waals surface area contributed by atoms with E-state index < -0.39 is 0 Å². The summed E-state index contributed by atoms with van der Waals surface area (Å²) in [6, 6.07) is 1.79. The minimum Gasteiger partial charge on any atom is -0.325 e. The third-order valence-electron chi connectivity index (χ3n) is 2.92. The first-order valence-corrected chi connectivity index (χ1v) is 6.65. The molecule has 92 valence electrons. The van der Waals surface area contributed by atoms with Gasteiger partial charge in [-0.05, 0) is 53.8 Å². The van der Waals surface area contributed by atoms with E-state index in [0.717, 1.165) is 36.1 Å². The SMILES string of the molecule is O=C(CC1CCCNC1)Nc1ccncc1Br. The van der Waals surface area contributed by atoms with Crippen LogP contribution in [0.5, 0.6) is 0 Å². The third kappa shape index (κ3) is 3.78. The van der Waals surface area contributed by atoms with Crippen molar-refractivity contribution in [1.82, 2.24) is 10.3 Å². The lowest BCUT2D eigenvalue weighted by molar-refractivity contribution is -0.117. The van der Waals surface area contributed by atoms with E-state index in [1.807, 2.05) is 0 Å². The summed E-state index contributed by atoms with van der Waals surface area (Å²) in [6.07, 6.45) is 6.23. The summed E-state index contributed by atoms with van der Waals surface area (Å²) in [5.74, 6) is 0.537. The van der Waals surface area contributed by atoms with Crippen molar-refractivity contribution < 1.29 is 4.79 Å². The van der Waals surface area contributed by atoms with Gasteiger partial charge in [-0.15, -0.1) is 0 Å². The number of nitrogens with one attached hydrogen (secondary N) is 2. The first-order valence-electron chi connectivity index (χ1n) is 5.86. The summed E-state index contributed by atoms with van der Waals surface area (Å²) in [4.78, 5) is 15.8. The van der Waals surface area contributed by atoms with Crippen molar-refractivity contribution in [1.29, 1.82) is 0 Å². The standard InChI is InChI=1S/C12H16BrN3O/c13-10-8-15-5-3-11(10)16-12(17)6-9-2-1-4-14-7-9/h3,5,8-9,14H,1-2,4,6-7H2,(H,15,16,17). The molecule has 2 N–H and O–H groups in total. The van der Waals surface area contributed by atoms with Crippen LogP contribution in [0, 0.1) is 5.92 Å². The van der Waals surface area contributed by atoms with Crippen LogP contribution in [0.1, 0.15) is 19.3 Å². The number of rotatable bonds is 3. The van der Waals surface area contributed by atoms with Gasteiger partial charge < -0.3 is 10.6 Å². The average Bonchev–Trinajstić information content (AvgIpc) is 2.33. The van der Waals surface area contributed by atoms with Crippen molar-refractivity contribution in [2.45, 2.75) is 19.3 Å². The number of pyridine rings is 1. The van der Waals surface area contributed by atoms with Crippen molar-refractivity contribution in [3.63, 3.8) is 0 Å². The zero-order valence-electron chi connectivity index (χ0n) is 9.58. The first kappa shape index (κ1) is 12.5. The second-order valence-electron chi connectivity index (χ2n) is 4.32. The van der Waals surface area contributed by atoms with Crippen LogP contribution in [0.4, 0.5) is 5.69 Å². The lowest BCUT2D eigenvalue weighted by Gasteiger charge is -2.22. The predicted molar refractivity (Wildman–Crippen MR) is 70.8 cm³/mol. The molecule has 0 radical (unpaired) electrons. The molecule has 1 unspecified atom stereocenters. The number of nitrogens with zero attached hydrogens (tertiary/aromatic N) is 1. The molecule has 0 aromatic carbocycles. The van der Waals surface area contributed by atoms with Gasteiger partial charge in [0.1, 0.15) is 0 Å². The number of anilines is 1. The van der Waals surface area contributed by atoms with Gasteiger partial charge in [0, 0.05) is 18.8 Å². The maximum Gasteiger partial charge on any atom is 0.224 e. The summed E-state index contributed by atoms with van der Waals surface area (Å²) in [6.45, 7) is 2.03. The minimum absolute atomic E-state index is 0.0746. The van der Waals surface area contributed by atoms with Gasteiger partial charge in [0.2, 0.25) is 5.91 Å². The lowest BCUT2D eigenvalue weighted by Crippen LogP contribution is -2.32. The molecule has 5 heteroatoms. The number of aromatic nitrogens is 1. The maximum absolute atomic E-state index is 11.9. The number of hydrogen-bond acceptors (Lipinski definition) is 3. The molecule has 1 atom stereocenters. The van der Waals surface area contributed by atoms with Gasteiger partial charge in [0.05, 0.1) is 10.2 Å². The van der Waals surface area contributed by atoms with Gasteiger partial charge in [-0.2, -0.15) is 0 Å². The van der Waals surface area contributed by atoms with Crippen LogP contribution in [0.25, 0.3) is 0 Å². The van der Waals surface area contributed by atoms with Crippen molar-refractivity contribution in [2.24, 2.45) is 5.92 Å². The van der Waals surface area contributed by atoms with Crippen LogP contribution in [-0.4, -0.2) is 24.0 Å². The van der Waals surface area contributed by atoms with Gasteiger partial charge >= 0.3 is 0 Å². The van der Waals surface area contributed by atoms with E-state index in [9.17, 15) is 4.79 Å². The molecule has 1 aliphatic heterocycles. The fourth-order valence-corrected chi connectivity index (χ4v) is 2.39. The molecule has 1 saturated heterocycles. The van der Waals surface area contributed by atoms with Crippen LogP contribution in [0.2, 0.25) is 0 Å². The number of amides is 1. The number of carbonyl (C=O) groups excluding carboxylic acids is 1. The topological polar surface area (TPSA) is 54.0 Å². The second kappa shape index (κ2) is 6.12. The smallest absolute Gasteiger partial charge is 0.224 e. The Labute approximate surface area is 109 Å². The highest BCUT2D eigenvalue weighted by molar-refractivity contribution is 9.10. The van der Waals surface area contributed by atoms with Crippen LogP contribution in [-0.2, 0) is 4.79 Å². The largest absolute Gasteiger partial charge is 0.325 e. The van der Waals surface area contributed by atoms with Gasteiger partial charge in [-0.1, -0.05) is 0 Å². The second-order valence-corrected chi connectivity index (χ2v) is 5.17. The molecule has 4 nitrogen and oxygen atoms in total. The summed E-state index contributed by atoms with van der Waals surface area (Å²) in [7, 11) is 0. The summed E-state index contributed by atoms with van der Waals surface area (Å²) in [5, 5.41) is 6.22. The van der Waals surface area contributed by atoms with E-state index in [0.29, 0.717) is 12.3 Å². The number of halogens is 1. The lowest BCUT2D eigenvalue weighted by atomic mass is 9.96. The molecule has 1 fully saturated rings. The van der Waals surface area contributed by atoms with Crippen LogP contribution < -0.4 is 10.6 Å². The molecular formula is C12H16BrN3O. The summed E-state index contributed by atoms with van der Waals surface area (Å²) < 4.78 is 0.815.